The molecule has 0 atom stereocenters. The summed E-state index contributed by atoms with van der Waals surface area (Å²) in [5.74, 6) is 0. The monoisotopic (exact) mass is 676 g/mol. The molecule has 1 nitrogen and oxygen atoms in total. The molecule has 0 spiro atoms. The van der Waals surface area contributed by atoms with Gasteiger partial charge in [0, 0.05) is 10.8 Å². The summed E-state index contributed by atoms with van der Waals surface area (Å²) >= 11 is 0. The Morgan fingerprint density at radius 2 is 0.843 bits per heavy atom. The van der Waals surface area contributed by atoms with Gasteiger partial charge in [0.15, 0.2) is 0 Å². The lowest BCUT2D eigenvalue weighted by Gasteiger charge is -2.19. The molecule has 0 radical (unpaired) electrons. The Labute approximate surface area is 336 Å². The van der Waals surface area contributed by atoms with E-state index in [2.05, 4.69) is 0 Å². The van der Waals surface area contributed by atoms with E-state index in [1.165, 1.54) is 0 Å². The molecule has 11 aromatic rings. The number of hydrogen-bond acceptors (Lipinski definition) is 1. The van der Waals surface area contributed by atoms with E-state index in [4.69, 9.17) is 26.3 Å². The summed E-state index contributed by atoms with van der Waals surface area (Å²) in [7, 11) is 0. The molecule has 0 aliphatic heterocycles. The van der Waals surface area contributed by atoms with Crippen LogP contribution in [0.5, 0.6) is 0 Å². The molecule has 10 aromatic carbocycles. The van der Waals surface area contributed by atoms with Gasteiger partial charge in [0.25, 0.3) is 0 Å². The average Bonchev–Trinajstić information content (AvgIpc) is 3.38. The molecule has 0 amide bonds. The van der Waals surface area contributed by atoms with Gasteiger partial charge >= 0.3 is 0 Å². The molecule has 0 unspecified atom stereocenters. The van der Waals surface area contributed by atoms with E-state index >= 15 is 0 Å². The average molecular weight is 677 g/mol. The fourth-order valence-corrected chi connectivity index (χ4v) is 6.32. The van der Waals surface area contributed by atoms with Gasteiger partial charge in [0.2, 0.25) is 0 Å². The van der Waals surface area contributed by atoms with Crippen molar-refractivity contribution in [2.24, 2.45) is 0 Å². The molecule has 0 aliphatic carbocycles. The van der Waals surface area contributed by atoms with Crippen molar-refractivity contribution in [1.29, 1.82) is 0 Å². The Kier molecular flexibility index (Phi) is 2.50. The third kappa shape index (κ3) is 4.28. The molecule has 11 rings (SSSR count). The van der Waals surface area contributed by atoms with Crippen molar-refractivity contribution < 1.29 is 45.5 Å². The van der Waals surface area contributed by atoms with Crippen LogP contribution in [0.2, 0.25) is 0 Å². The summed E-state index contributed by atoms with van der Waals surface area (Å²) in [6.07, 6.45) is 0. The molecule has 1 heterocycles. The van der Waals surface area contributed by atoms with Crippen LogP contribution in [0.15, 0.2) is 186 Å². The predicted molar refractivity (Wildman–Crippen MR) is 218 cm³/mol. The molecule has 0 N–H and O–H groups in total. The lowest BCUT2D eigenvalue weighted by Crippen LogP contribution is -1.91. The van der Waals surface area contributed by atoms with Gasteiger partial charge < -0.3 is 4.42 Å². The summed E-state index contributed by atoms with van der Waals surface area (Å²) in [4.78, 5) is 0. The molecular formula is C50H30O. The highest BCUT2D eigenvalue weighted by atomic mass is 16.3. The Balaban J connectivity index is 1.36. The number of fused-ring (bicyclic) bond motifs is 9. The minimum absolute atomic E-state index is 0.338. The van der Waals surface area contributed by atoms with Gasteiger partial charge in [-0.15, -0.1) is 0 Å². The highest BCUT2D eigenvalue weighted by Gasteiger charge is 2.18. The smallest absolute Gasteiger partial charge is 0.136 e. The third-order valence-electron chi connectivity index (χ3n) is 8.51. The van der Waals surface area contributed by atoms with Gasteiger partial charge in [-0.05, 0) is 117 Å². The zero-order chi connectivity index (χ0) is 59.6. The molecule has 1 heteroatoms. The molecule has 236 valence electrons. The van der Waals surface area contributed by atoms with Crippen LogP contribution in [-0.4, -0.2) is 0 Å². The zero-order valence-corrected chi connectivity index (χ0v) is 25.4. The minimum atomic E-state index is -1.07. The van der Waals surface area contributed by atoms with Gasteiger partial charge in [-0.2, -0.15) is 0 Å². The Morgan fingerprint density at radius 1 is 0.314 bits per heavy atom. The second-order valence-electron chi connectivity index (χ2n) is 11.3. The molecule has 0 saturated heterocycles. The fraction of sp³-hybridized carbons (Fsp3) is 0. The first-order valence-electron chi connectivity index (χ1n) is 30.2. The summed E-state index contributed by atoms with van der Waals surface area (Å²) in [6, 6.07) is -27.8. The van der Waals surface area contributed by atoms with Crippen molar-refractivity contribution in [3.05, 3.63) is 181 Å². The van der Waals surface area contributed by atoms with Crippen LogP contribution in [0.1, 0.15) is 41.1 Å². The van der Waals surface area contributed by atoms with Gasteiger partial charge in [-0.25, -0.2) is 0 Å². The van der Waals surface area contributed by atoms with E-state index in [0.717, 1.165) is 0 Å². The quantitative estimate of drug-likeness (QED) is 0.170. The van der Waals surface area contributed by atoms with E-state index in [-0.39, 0.29) is 10.8 Å². The lowest BCUT2D eigenvalue weighted by molar-refractivity contribution is 0.669. The fourth-order valence-electron chi connectivity index (χ4n) is 6.32. The third-order valence-corrected chi connectivity index (χ3v) is 8.51. The van der Waals surface area contributed by atoms with Gasteiger partial charge in [-0.3, -0.25) is 0 Å². The van der Waals surface area contributed by atoms with Crippen LogP contribution in [0.4, 0.5) is 0 Å². The normalized spacial score (nSPS) is 20.2. The number of furan rings is 1. The first-order valence-corrected chi connectivity index (χ1v) is 15.2. The molecule has 0 saturated carbocycles. The van der Waals surface area contributed by atoms with Crippen molar-refractivity contribution >= 4 is 75.8 Å². The first kappa shape index (κ1) is 11.7. The lowest BCUT2D eigenvalue weighted by atomic mass is 9.84. The Morgan fingerprint density at radius 3 is 1.59 bits per heavy atom. The van der Waals surface area contributed by atoms with Crippen molar-refractivity contribution in [3.8, 4) is 33.4 Å². The molecular weight excluding hydrogens is 617 g/mol. The zero-order valence-electron chi connectivity index (χ0n) is 55.4. The maximum absolute atomic E-state index is 9.96. The summed E-state index contributed by atoms with van der Waals surface area (Å²) in [5.41, 5.74) is -5.92. The Bertz CT molecular complexity index is 4840. The molecule has 0 bridgehead atoms. The van der Waals surface area contributed by atoms with Crippen LogP contribution >= 0.6 is 0 Å². The summed E-state index contributed by atoms with van der Waals surface area (Å²) in [5, 5.41) is -7.53. The second kappa shape index (κ2) is 10.9. The number of rotatable bonds is 3. The second-order valence-corrected chi connectivity index (χ2v) is 11.3. The van der Waals surface area contributed by atoms with Crippen LogP contribution < -0.4 is 0 Å². The SMILES string of the molecule is [2H]c1c(-c2c([2H])c([2H])c3c(oc4c([2H])c([2H])c5c([2H])c([2H])c([2H])c([2H])c5c43)c2[2H])c([2H])c2c([2H])c(-c3c4c([2H])c([2H])c([2H])c([2H])c4c(-c4c([2H])c([2H])c([2H])c5c([2H])c([2H])c([2H])c([2H])c45)c4c([2H])c([2H])c([2H])c([2H])c34)c([2H])c([2H])c2c1[2H]. The van der Waals surface area contributed by atoms with Crippen molar-refractivity contribution in [2.75, 3.05) is 0 Å². The molecule has 1 aromatic heterocycles. The van der Waals surface area contributed by atoms with E-state index in [1.807, 2.05) is 0 Å². The molecule has 0 aliphatic rings. The van der Waals surface area contributed by atoms with Crippen molar-refractivity contribution in [3.63, 3.8) is 0 Å². The van der Waals surface area contributed by atoms with E-state index in [0.29, 0.717) is 0 Å². The van der Waals surface area contributed by atoms with Gasteiger partial charge in [0.05, 0.1) is 41.1 Å². The van der Waals surface area contributed by atoms with E-state index in [1.54, 1.807) is 0 Å². The van der Waals surface area contributed by atoms with Crippen LogP contribution in [0.25, 0.3) is 109 Å². The highest BCUT2D eigenvalue weighted by Crippen LogP contribution is 2.46. The van der Waals surface area contributed by atoms with E-state index < -0.39 is 280 Å². The largest absolute Gasteiger partial charge is 0.456 e. The van der Waals surface area contributed by atoms with Crippen molar-refractivity contribution in [1.82, 2.24) is 0 Å². The van der Waals surface area contributed by atoms with Crippen molar-refractivity contribution in [2.45, 2.75) is 0 Å². The predicted octanol–water partition coefficient (Wildman–Crippen LogP) is 14.4. The maximum Gasteiger partial charge on any atom is 0.136 e. The van der Waals surface area contributed by atoms with E-state index in [9.17, 15) is 19.2 Å². The summed E-state index contributed by atoms with van der Waals surface area (Å²) in [6.45, 7) is 0. The highest BCUT2D eigenvalue weighted by molar-refractivity contribution is 6.24. The standard InChI is InChI=1S/C50H30O/c1-3-13-38-32(10-1)12-9-19-40(38)49-43-17-7-5-15-41(43)48(42-16-6-8-18-44(42)49)36-23-21-31-20-22-34(28-37(31)29-36)35-24-26-45-47(30-35)51-46-27-25-33-11-2-4-14-39(33)50(45)46/h1-30H/i1D,2D,3D,4D,5D,6D,7D,8D,9D,10D,11D,12D,13D,14D,15D,16D,17D,18D,19D,20D,21D,22D,23D,24D,25D,26D,27D,28D,29D,30D. The Hall–Kier alpha value is -6.70. The summed E-state index contributed by atoms with van der Waals surface area (Å²) < 4.78 is 278. The molecule has 51 heavy (non-hydrogen) atoms. The topological polar surface area (TPSA) is 13.1 Å². The minimum Gasteiger partial charge on any atom is -0.456 e. The van der Waals surface area contributed by atoms with Gasteiger partial charge in [0.1, 0.15) is 11.2 Å². The first-order chi connectivity index (χ1) is 37.8. The molecule has 0 fully saturated rings. The number of hydrogen-bond donors (Lipinski definition) is 0. The number of benzene rings is 10. The van der Waals surface area contributed by atoms with Gasteiger partial charge in [-0.1, -0.05) is 151 Å². The van der Waals surface area contributed by atoms with Crippen LogP contribution in [-0.2, 0) is 0 Å². The van der Waals surface area contributed by atoms with Crippen LogP contribution in [0.3, 0.4) is 0 Å². The van der Waals surface area contributed by atoms with Crippen LogP contribution in [0, 0.1) is 0 Å². The maximum atomic E-state index is 9.96.